The van der Waals surface area contributed by atoms with Crippen molar-refractivity contribution in [1.82, 2.24) is 5.32 Å². The third-order valence-corrected chi connectivity index (χ3v) is 17.7. The average Bonchev–Trinajstić information content (AvgIpc) is 3.48. The van der Waals surface area contributed by atoms with Gasteiger partial charge >= 0.3 is 5.97 Å². The quantitative estimate of drug-likeness (QED) is 0.0320. The molecule has 6 heteroatoms. The van der Waals surface area contributed by atoms with E-state index in [1.165, 1.54) is 360 Å². The molecule has 2 atom stereocenters. The Morgan fingerprint density at radius 3 is 0.866 bits per heavy atom. The molecule has 6 nitrogen and oxygen atoms in total. The van der Waals surface area contributed by atoms with Gasteiger partial charge in [-0.3, -0.25) is 9.59 Å². The summed E-state index contributed by atoms with van der Waals surface area (Å²) in [6.45, 7) is 4.94. The Hall–Kier alpha value is -1.66. The zero-order valence-corrected chi connectivity index (χ0v) is 55.8. The molecule has 0 aromatic carbocycles. The topological polar surface area (TPSA) is 95.9 Å². The fraction of sp³-hybridized carbons (Fsp3) is 0.921. The molecule has 1 amide bonds. The van der Waals surface area contributed by atoms with Gasteiger partial charge in [0.2, 0.25) is 5.91 Å². The second-order valence-corrected chi connectivity index (χ2v) is 26.0. The molecule has 0 aliphatic rings. The maximum Gasteiger partial charge on any atom is 0.305 e. The van der Waals surface area contributed by atoms with E-state index in [1.54, 1.807) is 6.08 Å². The van der Waals surface area contributed by atoms with Crippen molar-refractivity contribution in [2.75, 3.05) is 13.2 Å². The van der Waals surface area contributed by atoms with E-state index in [9.17, 15) is 19.8 Å². The molecular formula is C76H147NO5. The van der Waals surface area contributed by atoms with Gasteiger partial charge in [-0.05, 0) is 57.8 Å². The maximum absolute atomic E-state index is 12.5. The van der Waals surface area contributed by atoms with Crippen LogP contribution in [0.3, 0.4) is 0 Å². The summed E-state index contributed by atoms with van der Waals surface area (Å²) < 4.78 is 5.52. The van der Waals surface area contributed by atoms with Crippen LogP contribution >= 0.6 is 0 Å². The molecule has 0 heterocycles. The number of hydrogen-bond acceptors (Lipinski definition) is 5. The van der Waals surface area contributed by atoms with Crippen molar-refractivity contribution in [2.24, 2.45) is 0 Å². The largest absolute Gasteiger partial charge is 0.466 e. The molecule has 0 saturated carbocycles. The number of nitrogens with one attached hydrogen (secondary N) is 1. The minimum atomic E-state index is -0.840. The highest BCUT2D eigenvalue weighted by atomic mass is 16.5. The van der Waals surface area contributed by atoms with Crippen LogP contribution in [0.25, 0.3) is 0 Å². The maximum atomic E-state index is 12.5. The van der Waals surface area contributed by atoms with E-state index in [1.807, 2.05) is 6.08 Å². The molecule has 0 rings (SSSR count). The van der Waals surface area contributed by atoms with E-state index in [4.69, 9.17) is 4.74 Å². The molecule has 0 spiro atoms. The monoisotopic (exact) mass is 1150 g/mol. The number of ether oxygens (including phenoxy) is 1. The molecule has 2 unspecified atom stereocenters. The van der Waals surface area contributed by atoms with Crippen LogP contribution in [-0.4, -0.2) is 47.4 Å². The van der Waals surface area contributed by atoms with Crippen LogP contribution in [0.15, 0.2) is 24.3 Å². The van der Waals surface area contributed by atoms with Gasteiger partial charge in [0.25, 0.3) is 0 Å². The number of amides is 1. The Morgan fingerprint density at radius 1 is 0.329 bits per heavy atom. The summed E-state index contributed by atoms with van der Waals surface area (Å²) in [7, 11) is 0. The molecule has 486 valence electrons. The molecule has 0 saturated heterocycles. The number of unbranched alkanes of at least 4 members (excludes halogenated alkanes) is 58. The highest BCUT2D eigenvalue weighted by Gasteiger charge is 2.18. The first-order valence-electron chi connectivity index (χ1n) is 37.6. The van der Waals surface area contributed by atoms with Crippen molar-refractivity contribution >= 4 is 11.9 Å². The molecule has 0 aromatic rings. The first-order valence-corrected chi connectivity index (χ1v) is 37.6. The highest BCUT2D eigenvalue weighted by Crippen LogP contribution is 2.19. The molecule has 0 aliphatic carbocycles. The standard InChI is InChI=1S/C76H147NO5/c1-3-5-7-9-11-13-15-17-18-19-40-43-46-50-54-58-62-66-70-76(81)82-71-67-63-59-55-51-47-44-41-38-36-34-32-30-28-26-24-22-20-21-23-25-27-29-31-33-35-37-39-42-45-49-53-57-61-65-69-75(80)77-73(72-78)74(79)68-64-60-56-52-48-16-14-12-10-8-6-4-2/h22,24,64,68,73-74,78-79H,3-21,23,25-63,65-67,69-72H2,1-2H3,(H,77,80)/b24-22-,68-64+. The molecular weight excluding hydrogens is 1010 g/mol. The van der Waals surface area contributed by atoms with Gasteiger partial charge < -0.3 is 20.3 Å². The lowest BCUT2D eigenvalue weighted by Crippen LogP contribution is -2.45. The van der Waals surface area contributed by atoms with Gasteiger partial charge in [0.05, 0.1) is 25.4 Å². The van der Waals surface area contributed by atoms with E-state index in [0.29, 0.717) is 19.4 Å². The number of carbonyl (C=O) groups is 2. The van der Waals surface area contributed by atoms with Gasteiger partial charge in [0, 0.05) is 12.8 Å². The lowest BCUT2D eigenvalue weighted by atomic mass is 10.0. The zero-order chi connectivity index (χ0) is 59.2. The zero-order valence-electron chi connectivity index (χ0n) is 55.8. The third kappa shape index (κ3) is 67.5. The molecule has 0 bridgehead atoms. The van der Waals surface area contributed by atoms with Crippen molar-refractivity contribution in [2.45, 2.75) is 437 Å². The predicted molar refractivity (Wildman–Crippen MR) is 361 cm³/mol. The summed E-state index contributed by atoms with van der Waals surface area (Å²) >= 11 is 0. The third-order valence-electron chi connectivity index (χ3n) is 17.7. The molecule has 0 fully saturated rings. The van der Waals surface area contributed by atoms with Gasteiger partial charge in [0.15, 0.2) is 0 Å². The fourth-order valence-corrected chi connectivity index (χ4v) is 12.0. The number of hydrogen-bond donors (Lipinski definition) is 3. The Morgan fingerprint density at radius 2 is 0.573 bits per heavy atom. The van der Waals surface area contributed by atoms with Gasteiger partial charge in [-0.15, -0.1) is 0 Å². The van der Waals surface area contributed by atoms with Crippen molar-refractivity contribution < 1.29 is 24.5 Å². The molecule has 3 N–H and O–H groups in total. The second-order valence-electron chi connectivity index (χ2n) is 26.0. The van der Waals surface area contributed by atoms with E-state index < -0.39 is 12.1 Å². The van der Waals surface area contributed by atoms with Gasteiger partial charge in [-0.1, -0.05) is 378 Å². The predicted octanol–water partition coefficient (Wildman–Crippen LogP) is 24.5. The summed E-state index contributed by atoms with van der Waals surface area (Å²) in [4.78, 5) is 24.6. The summed E-state index contributed by atoms with van der Waals surface area (Å²) in [6, 6.07) is -0.624. The normalized spacial score (nSPS) is 12.6. The molecule has 0 aliphatic heterocycles. The van der Waals surface area contributed by atoms with Gasteiger partial charge in [0.1, 0.15) is 0 Å². The summed E-state index contributed by atoms with van der Waals surface area (Å²) in [5.41, 5.74) is 0. The van der Waals surface area contributed by atoms with Crippen LogP contribution in [0.4, 0.5) is 0 Å². The van der Waals surface area contributed by atoms with E-state index in [2.05, 4.69) is 31.3 Å². The number of aliphatic hydroxyl groups is 2. The van der Waals surface area contributed by atoms with Crippen LogP contribution in [0.1, 0.15) is 425 Å². The number of allylic oxidation sites excluding steroid dienone is 3. The molecule has 0 radical (unpaired) electrons. The lowest BCUT2D eigenvalue weighted by molar-refractivity contribution is -0.143. The number of carbonyl (C=O) groups excluding carboxylic acids is 2. The minimum absolute atomic E-state index is 0.0252. The smallest absolute Gasteiger partial charge is 0.305 e. The van der Waals surface area contributed by atoms with Crippen molar-refractivity contribution in [3.63, 3.8) is 0 Å². The SMILES string of the molecule is CCCCCCCCCCCC/C=C/C(O)C(CO)NC(=O)CCCCCCCCCCCCCCCCCCC/C=C\CCCCCCCCCCCCCCCCOC(=O)CCCCCCCCCCCCCCCCCCCC. The Balaban J connectivity index is 3.31. The fourth-order valence-electron chi connectivity index (χ4n) is 12.0. The summed E-state index contributed by atoms with van der Waals surface area (Å²) in [6.07, 6.45) is 91.5. The van der Waals surface area contributed by atoms with Crippen LogP contribution < -0.4 is 5.32 Å². The van der Waals surface area contributed by atoms with Crippen LogP contribution in [0, 0.1) is 0 Å². The van der Waals surface area contributed by atoms with Crippen molar-refractivity contribution in [1.29, 1.82) is 0 Å². The van der Waals surface area contributed by atoms with Crippen LogP contribution in [-0.2, 0) is 14.3 Å². The number of rotatable bonds is 71. The minimum Gasteiger partial charge on any atom is -0.466 e. The Labute approximate surface area is 513 Å². The number of aliphatic hydroxyl groups excluding tert-OH is 2. The first kappa shape index (κ1) is 80.3. The van der Waals surface area contributed by atoms with Crippen LogP contribution in [0.5, 0.6) is 0 Å². The van der Waals surface area contributed by atoms with Gasteiger partial charge in [-0.25, -0.2) is 0 Å². The average molecular weight is 1160 g/mol. The van der Waals surface area contributed by atoms with E-state index in [-0.39, 0.29) is 18.5 Å². The second kappa shape index (κ2) is 71.8. The van der Waals surface area contributed by atoms with Crippen molar-refractivity contribution in [3.05, 3.63) is 24.3 Å². The molecule has 82 heavy (non-hydrogen) atoms. The van der Waals surface area contributed by atoms with E-state index >= 15 is 0 Å². The van der Waals surface area contributed by atoms with Crippen molar-refractivity contribution in [3.8, 4) is 0 Å². The summed E-state index contributed by atoms with van der Waals surface area (Å²) in [5, 5.41) is 23.1. The van der Waals surface area contributed by atoms with Gasteiger partial charge in [-0.2, -0.15) is 0 Å². The Bertz CT molecular complexity index is 1280. The van der Waals surface area contributed by atoms with E-state index in [0.717, 1.165) is 38.5 Å². The first-order chi connectivity index (χ1) is 40.5. The molecule has 0 aromatic heterocycles. The Kier molecular flexibility index (Phi) is 70.4. The summed E-state index contributed by atoms with van der Waals surface area (Å²) in [5.74, 6) is -0.0379. The van der Waals surface area contributed by atoms with Crippen LogP contribution in [0.2, 0.25) is 0 Å². The number of esters is 1. The lowest BCUT2D eigenvalue weighted by Gasteiger charge is -2.20. The highest BCUT2D eigenvalue weighted by molar-refractivity contribution is 5.76.